The molecule has 0 radical (unpaired) electrons. The van der Waals surface area contributed by atoms with E-state index in [2.05, 4.69) is 46.2 Å². The van der Waals surface area contributed by atoms with Gasteiger partial charge in [-0.1, -0.05) is 0 Å². The summed E-state index contributed by atoms with van der Waals surface area (Å²) in [7, 11) is 0. The lowest BCUT2D eigenvalue weighted by Gasteiger charge is -2.18. The summed E-state index contributed by atoms with van der Waals surface area (Å²) in [6, 6.07) is 4.41. The first-order valence-electron chi connectivity index (χ1n) is 8.37. The standard InChI is InChI=1S/C18H25N5/c1-13-11-19-7-6-17(13)15(3)20-12-16-10-14(2)21-18(22-16)23-8-4-5-9-23/h6-7,10-11,15,20H,4-5,8-9,12H2,1-3H3. The van der Waals surface area contributed by atoms with Gasteiger partial charge in [0.25, 0.3) is 0 Å². The molecule has 0 saturated carbocycles. The normalized spacial score (nSPS) is 15.9. The van der Waals surface area contributed by atoms with Crippen molar-refractivity contribution in [2.45, 2.75) is 46.2 Å². The first-order valence-corrected chi connectivity index (χ1v) is 8.37. The fourth-order valence-corrected chi connectivity index (χ4v) is 3.10. The van der Waals surface area contributed by atoms with Crippen molar-refractivity contribution in [3.8, 4) is 0 Å². The largest absolute Gasteiger partial charge is 0.341 e. The van der Waals surface area contributed by atoms with Gasteiger partial charge < -0.3 is 10.2 Å². The summed E-state index contributed by atoms with van der Waals surface area (Å²) in [6.45, 7) is 9.21. The van der Waals surface area contributed by atoms with Crippen molar-refractivity contribution in [2.75, 3.05) is 18.0 Å². The topological polar surface area (TPSA) is 53.9 Å². The predicted molar refractivity (Wildman–Crippen MR) is 92.4 cm³/mol. The second-order valence-corrected chi connectivity index (χ2v) is 6.33. The summed E-state index contributed by atoms with van der Waals surface area (Å²) in [5, 5.41) is 3.56. The van der Waals surface area contributed by atoms with Crippen molar-refractivity contribution in [2.24, 2.45) is 0 Å². The van der Waals surface area contributed by atoms with Crippen LogP contribution in [0.5, 0.6) is 0 Å². The van der Waals surface area contributed by atoms with Gasteiger partial charge in [0, 0.05) is 43.8 Å². The highest BCUT2D eigenvalue weighted by molar-refractivity contribution is 5.33. The van der Waals surface area contributed by atoms with Crippen LogP contribution < -0.4 is 10.2 Å². The Morgan fingerprint density at radius 3 is 2.74 bits per heavy atom. The Balaban J connectivity index is 1.69. The molecule has 5 nitrogen and oxygen atoms in total. The third kappa shape index (κ3) is 3.85. The number of hydrogen-bond donors (Lipinski definition) is 1. The van der Waals surface area contributed by atoms with E-state index in [0.29, 0.717) is 0 Å². The summed E-state index contributed by atoms with van der Waals surface area (Å²) in [4.78, 5) is 15.8. The van der Waals surface area contributed by atoms with E-state index in [9.17, 15) is 0 Å². The molecule has 2 aromatic heterocycles. The molecule has 122 valence electrons. The van der Waals surface area contributed by atoms with Crippen LogP contribution in [0.3, 0.4) is 0 Å². The molecule has 0 spiro atoms. The van der Waals surface area contributed by atoms with E-state index in [1.807, 2.05) is 19.3 Å². The molecule has 1 unspecified atom stereocenters. The zero-order valence-electron chi connectivity index (χ0n) is 14.2. The number of rotatable bonds is 5. The number of hydrogen-bond acceptors (Lipinski definition) is 5. The minimum Gasteiger partial charge on any atom is -0.341 e. The highest BCUT2D eigenvalue weighted by atomic mass is 15.3. The molecule has 5 heteroatoms. The van der Waals surface area contributed by atoms with E-state index >= 15 is 0 Å². The van der Waals surface area contributed by atoms with Crippen molar-refractivity contribution < 1.29 is 0 Å². The van der Waals surface area contributed by atoms with Crippen LogP contribution in [0.15, 0.2) is 24.5 Å². The SMILES string of the molecule is Cc1cc(CNC(C)c2ccncc2C)nc(N2CCCC2)n1. The number of pyridine rings is 1. The second-order valence-electron chi connectivity index (χ2n) is 6.33. The lowest BCUT2D eigenvalue weighted by atomic mass is 10.1. The Morgan fingerprint density at radius 1 is 1.22 bits per heavy atom. The molecule has 1 saturated heterocycles. The molecule has 1 aliphatic rings. The fourth-order valence-electron chi connectivity index (χ4n) is 3.10. The van der Waals surface area contributed by atoms with E-state index in [1.54, 1.807) is 0 Å². The van der Waals surface area contributed by atoms with Crippen molar-refractivity contribution in [3.63, 3.8) is 0 Å². The molecule has 0 amide bonds. The third-order valence-electron chi connectivity index (χ3n) is 4.40. The molecule has 1 atom stereocenters. The Bertz CT molecular complexity index is 664. The number of nitrogens with one attached hydrogen (secondary N) is 1. The Hall–Kier alpha value is -2.01. The van der Waals surface area contributed by atoms with E-state index < -0.39 is 0 Å². The summed E-state index contributed by atoms with van der Waals surface area (Å²) in [5.41, 5.74) is 4.58. The third-order valence-corrected chi connectivity index (χ3v) is 4.40. The summed E-state index contributed by atoms with van der Waals surface area (Å²) in [5.74, 6) is 0.882. The first-order chi connectivity index (χ1) is 11.1. The van der Waals surface area contributed by atoms with Gasteiger partial charge in [0.2, 0.25) is 5.95 Å². The average molecular weight is 311 g/mol. The van der Waals surface area contributed by atoms with E-state index in [4.69, 9.17) is 4.98 Å². The Morgan fingerprint density at radius 2 is 2.00 bits per heavy atom. The van der Waals surface area contributed by atoms with Gasteiger partial charge in [-0.2, -0.15) is 0 Å². The molecule has 1 fully saturated rings. The average Bonchev–Trinajstić information content (AvgIpc) is 3.07. The molecule has 3 rings (SSSR count). The zero-order valence-corrected chi connectivity index (χ0v) is 14.2. The number of anilines is 1. The second kappa shape index (κ2) is 7.04. The van der Waals surface area contributed by atoms with Gasteiger partial charge in [-0.15, -0.1) is 0 Å². The smallest absolute Gasteiger partial charge is 0.225 e. The maximum absolute atomic E-state index is 4.74. The summed E-state index contributed by atoms with van der Waals surface area (Å²) < 4.78 is 0. The van der Waals surface area contributed by atoms with Gasteiger partial charge in [-0.3, -0.25) is 4.98 Å². The zero-order chi connectivity index (χ0) is 16.2. The monoisotopic (exact) mass is 311 g/mol. The quantitative estimate of drug-likeness (QED) is 0.920. The minimum atomic E-state index is 0.267. The molecular formula is C18H25N5. The molecule has 0 aliphatic carbocycles. The highest BCUT2D eigenvalue weighted by Crippen LogP contribution is 2.18. The van der Waals surface area contributed by atoms with Crippen molar-refractivity contribution in [3.05, 3.63) is 47.0 Å². The van der Waals surface area contributed by atoms with Crippen molar-refractivity contribution in [1.29, 1.82) is 0 Å². The van der Waals surface area contributed by atoms with Crippen molar-refractivity contribution >= 4 is 5.95 Å². The van der Waals surface area contributed by atoms with Crippen LogP contribution in [0, 0.1) is 13.8 Å². The molecular weight excluding hydrogens is 286 g/mol. The van der Waals surface area contributed by atoms with Crippen molar-refractivity contribution in [1.82, 2.24) is 20.3 Å². The number of aryl methyl sites for hydroxylation is 2. The number of aromatic nitrogens is 3. The number of nitrogens with zero attached hydrogens (tertiary/aromatic N) is 4. The van der Waals surface area contributed by atoms with Gasteiger partial charge in [0.15, 0.2) is 0 Å². The Kier molecular flexibility index (Phi) is 4.86. The van der Waals surface area contributed by atoms with Crippen LogP contribution in [0.4, 0.5) is 5.95 Å². The summed E-state index contributed by atoms with van der Waals surface area (Å²) in [6.07, 6.45) is 6.24. The van der Waals surface area contributed by atoms with E-state index in [0.717, 1.165) is 37.0 Å². The lowest BCUT2D eigenvalue weighted by Crippen LogP contribution is -2.23. The molecule has 1 N–H and O–H groups in total. The molecule has 2 aromatic rings. The van der Waals surface area contributed by atoms with Gasteiger partial charge in [-0.25, -0.2) is 9.97 Å². The van der Waals surface area contributed by atoms with Gasteiger partial charge >= 0.3 is 0 Å². The molecule has 0 aromatic carbocycles. The van der Waals surface area contributed by atoms with Crippen LogP contribution in [0.1, 0.15) is 48.3 Å². The van der Waals surface area contributed by atoms with Gasteiger partial charge in [0.1, 0.15) is 0 Å². The molecule has 23 heavy (non-hydrogen) atoms. The van der Waals surface area contributed by atoms with Crippen LogP contribution in [-0.4, -0.2) is 28.0 Å². The fraction of sp³-hybridized carbons (Fsp3) is 0.500. The maximum Gasteiger partial charge on any atom is 0.225 e. The maximum atomic E-state index is 4.74. The van der Waals surface area contributed by atoms with Crippen LogP contribution in [0.25, 0.3) is 0 Å². The van der Waals surface area contributed by atoms with Gasteiger partial charge in [0.05, 0.1) is 5.69 Å². The molecule has 1 aliphatic heterocycles. The van der Waals surface area contributed by atoms with Crippen LogP contribution >= 0.6 is 0 Å². The predicted octanol–water partition coefficient (Wildman–Crippen LogP) is 2.94. The van der Waals surface area contributed by atoms with Crippen LogP contribution in [0.2, 0.25) is 0 Å². The molecule has 3 heterocycles. The Labute approximate surface area is 138 Å². The van der Waals surface area contributed by atoms with E-state index in [1.165, 1.54) is 24.0 Å². The van der Waals surface area contributed by atoms with Crippen LogP contribution in [-0.2, 0) is 6.54 Å². The lowest BCUT2D eigenvalue weighted by molar-refractivity contribution is 0.563. The van der Waals surface area contributed by atoms with Gasteiger partial charge in [-0.05, 0) is 56.9 Å². The first kappa shape index (κ1) is 15.9. The molecule has 0 bridgehead atoms. The summed E-state index contributed by atoms with van der Waals surface area (Å²) >= 11 is 0. The highest BCUT2D eigenvalue weighted by Gasteiger charge is 2.16. The minimum absolute atomic E-state index is 0.267. The van der Waals surface area contributed by atoms with E-state index in [-0.39, 0.29) is 6.04 Å².